The van der Waals surface area contributed by atoms with Gasteiger partial charge in [0.25, 0.3) is 11.8 Å². The van der Waals surface area contributed by atoms with E-state index in [2.05, 4.69) is 10.6 Å². The van der Waals surface area contributed by atoms with Crippen molar-refractivity contribution < 1.29 is 18.4 Å². The average molecular weight is 387 g/mol. The van der Waals surface area contributed by atoms with Crippen molar-refractivity contribution >= 4 is 34.8 Å². The molecule has 2 N–H and O–H groups in total. The summed E-state index contributed by atoms with van der Waals surface area (Å²) in [5.41, 5.74) is 0.961. The number of hydrogen-bond acceptors (Lipinski definition) is 2. The quantitative estimate of drug-likeness (QED) is 0.653. The molecule has 4 nitrogen and oxygen atoms in total. The summed E-state index contributed by atoms with van der Waals surface area (Å²) in [7, 11) is 0. The Balaban J connectivity index is 1.69. The number of nitrogens with one attached hydrogen (secondary N) is 2. The SMILES string of the molecule is O=C(Nc1ccc(F)c(Cl)c1)c1ccc(C(=O)Nc2ccccc2F)cc1. The Morgan fingerprint density at radius 3 is 1.93 bits per heavy atom. The summed E-state index contributed by atoms with van der Waals surface area (Å²) in [6.07, 6.45) is 0. The molecule has 0 aliphatic carbocycles. The molecule has 0 aromatic heterocycles. The maximum Gasteiger partial charge on any atom is 0.255 e. The van der Waals surface area contributed by atoms with E-state index < -0.39 is 23.4 Å². The number of hydrogen-bond donors (Lipinski definition) is 2. The highest BCUT2D eigenvalue weighted by Gasteiger charge is 2.12. The summed E-state index contributed by atoms with van der Waals surface area (Å²) in [6.45, 7) is 0. The summed E-state index contributed by atoms with van der Waals surface area (Å²) < 4.78 is 26.7. The van der Waals surface area contributed by atoms with Gasteiger partial charge in [0.15, 0.2) is 0 Å². The third-order valence-electron chi connectivity index (χ3n) is 3.71. The topological polar surface area (TPSA) is 58.2 Å². The lowest BCUT2D eigenvalue weighted by Crippen LogP contribution is -2.15. The minimum Gasteiger partial charge on any atom is -0.322 e. The minimum atomic E-state index is -0.583. The van der Waals surface area contributed by atoms with Crippen LogP contribution in [0.1, 0.15) is 20.7 Å². The van der Waals surface area contributed by atoms with Crippen LogP contribution in [-0.4, -0.2) is 11.8 Å². The number of amides is 2. The first-order valence-corrected chi connectivity index (χ1v) is 8.24. The fourth-order valence-corrected chi connectivity index (χ4v) is 2.49. The van der Waals surface area contributed by atoms with Crippen LogP contribution in [0.2, 0.25) is 5.02 Å². The summed E-state index contributed by atoms with van der Waals surface area (Å²) in [5.74, 6) is -2.07. The van der Waals surface area contributed by atoms with Gasteiger partial charge < -0.3 is 10.6 Å². The zero-order chi connectivity index (χ0) is 19.4. The third kappa shape index (κ3) is 4.48. The maximum absolute atomic E-state index is 13.6. The van der Waals surface area contributed by atoms with Gasteiger partial charge in [0.2, 0.25) is 0 Å². The number of halogens is 3. The molecule has 27 heavy (non-hydrogen) atoms. The van der Waals surface area contributed by atoms with Gasteiger partial charge in [-0.1, -0.05) is 23.7 Å². The lowest BCUT2D eigenvalue weighted by molar-refractivity contribution is 0.101. The van der Waals surface area contributed by atoms with Crippen molar-refractivity contribution in [3.8, 4) is 0 Å². The highest BCUT2D eigenvalue weighted by Crippen LogP contribution is 2.20. The standard InChI is InChI=1S/C20H13ClF2N2O2/c21-15-11-14(9-10-16(15)22)24-19(26)12-5-7-13(8-6-12)20(27)25-18-4-2-1-3-17(18)23/h1-11H,(H,24,26)(H,25,27). The van der Waals surface area contributed by atoms with Crippen molar-refractivity contribution in [3.63, 3.8) is 0 Å². The molecule has 3 aromatic carbocycles. The van der Waals surface area contributed by atoms with E-state index in [0.29, 0.717) is 5.69 Å². The number of carbonyl (C=O) groups excluding carboxylic acids is 2. The Labute approximate surface area is 158 Å². The van der Waals surface area contributed by atoms with Crippen molar-refractivity contribution in [2.24, 2.45) is 0 Å². The molecular formula is C20H13ClF2N2O2. The number of benzene rings is 3. The van der Waals surface area contributed by atoms with Gasteiger partial charge in [-0.25, -0.2) is 8.78 Å². The highest BCUT2D eigenvalue weighted by atomic mass is 35.5. The Kier molecular flexibility index (Phi) is 5.47. The van der Waals surface area contributed by atoms with Gasteiger partial charge in [-0.3, -0.25) is 9.59 Å². The first kappa shape index (κ1) is 18.5. The highest BCUT2D eigenvalue weighted by molar-refractivity contribution is 6.31. The van der Waals surface area contributed by atoms with E-state index in [1.165, 1.54) is 54.6 Å². The summed E-state index contributed by atoms with van der Waals surface area (Å²) in [6, 6.07) is 15.4. The van der Waals surface area contributed by atoms with Crippen molar-refractivity contribution in [3.05, 3.63) is 94.5 Å². The molecule has 0 fully saturated rings. The van der Waals surface area contributed by atoms with Gasteiger partial charge in [-0.15, -0.1) is 0 Å². The molecule has 0 aliphatic heterocycles. The summed E-state index contributed by atoms with van der Waals surface area (Å²) in [5, 5.41) is 4.94. The molecule has 0 unspecified atom stereocenters. The average Bonchev–Trinajstić information content (AvgIpc) is 2.66. The zero-order valence-electron chi connectivity index (χ0n) is 13.8. The molecule has 3 aromatic rings. The smallest absolute Gasteiger partial charge is 0.255 e. The van der Waals surface area contributed by atoms with Crippen LogP contribution in [0.25, 0.3) is 0 Å². The van der Waals surface area contributed by atoms with Crippen LogP contribution in [0.4, 0.5) is 20.2 Å². The van der Waals surface area contributed by atoms with E-state index in [1.54, 1.807) is 6.07 Å². The van der Waals surface area contributed by atoms with E-state index in [0.717, 1.165) is 6.07 Å². The molecule has 3 rings (SSSR count). The van der Waals surface area contributed by atoms with Gasteiger partial charge in [0, 0.05) is 16.8 Å². The van der Waals surface area contributed by atoms with E-state index in [4.69, 9.17) is 11.6 Å². The molecular weight excluding hydrogens is 374 g/mol. The van der Waals surface area contributed by atoms with Gasteiger partial charge in [-0.2, -0.15) is 0 Å². The van der Waals surface area contributed by atoms with Crippen LogP contribution in [0.15, 0.2) is 66.7 Å². The third-order valence-corrected chi connectivity index (χ3v) is 4.00. The van der Waals surface area contributed by atoms with Crippen molar-refractivity contribution in [2.45, 2.75) is 0 Å². The minimum absolute atomic E-state index is 0.0671. The lowest BCUT2D eigenvalue weighted by atomic mass is 10.1. The van der Waals surface area contributed by atoms with Gasteiger partial charge in [-0.05, 0) is 54.6 Å². The Bertz CT molecular complexity index is 1010. The fraction of sp³-hybridized carbons (Fsp3) is 0. The van der Waals surface area contributed by atoms with Crippen LogP contribution >= 0.6 is 11.6 Å². The molecule has 7 heteroatoms. The second-order valence-corrected chi connectivity index (χ2v) is 6.00. The number of anilines is 2. The second-order valence-electron chi connectivity index (χ2n) is 5.59. The predicted octanol–water partition coefficient (Wildman–Crippen LogP) is 5.12. The molecule has 0 heterocycles. The van der Waals surface area contributed by atoms with E-state index in [-0.39, 0.29) is 21.8 Å². The molecule has 0 spiro atoms. The molecule has 0 saturated heterocycles. The molecule has 0 aliphatic rings. The van der Waals surface area contributed by atoms with E-state index in [1.807, 2.05) is 0 Å². The fourth-order valence-electron chi connectivity index (χ4n) is 2.31. The predicted molar refractivity (Wildman–Crippen MR) is 100 cm³/mol. The van der Waals surface area contributed by atoms with Crippen molar-refractivity contribution in [1.82, 2.24) is 0 Å². The second kappa shape index (κ2) is 7.97. The van der Waals surface area contributed by atoms with Crippen LogP contribution < -0.4 is 10.6 Å². The molecule has 0 atom stereocenters. The monoisotopic (exact) mass is 386 g/mol. The van der Waals surface area contributed by atoms with Crippen molar-refractivity contribution in [1.29, 1.82) is 0 Å². The number of carbonyl (C=O) groups is 2. The van der Waals surface area contributed by atoms with Crippen LogP contribution in [-0.2, 0) is 0 Å². The van der Waals surface area contributed by atoms with Gasteiger partial charge >= 0.3 is 0 Å². The molecule has 2 amide bonds. The van der Waals surface area contributed by atoms with Crippen LogP contribution in [0.5, 0.6) is 0 Å². The van der Waals surface area contributed by atoms with Crippen LogP contribution in [0, 0.1) is 11.6 Å². The lowest BCUT2D eigenvalue weighted by Gasteiger charge is -2.08. The Morgan fingerprint density at radius 2 is 1.33 bits per heavy atom. The van der Waals surface area contributed by atoms with Crippen molar-refractivity contribution in [2.75, 3.05) is 10.6 Å². The number of rotatable bonds is 4. The van der Waals surface area contributed by atoms with Gasteiger partial charge in [0.05, 0.1) is 10.7 Å². The first-order valence-electron chi connectivity index (χ1n) is 7.86. The summed E-state index contributed by atoms with van der Waals surface area (Å²) >= 11 is 5.68. The first-order chi connectivity index (χ1) is 12.9. The largest absolute Gasteiger partial charge is 0.322 e. The molecule has 136 valence electrons. The zero-order valence-corrected chi connectivity index (χ0v) is 14.6. The molecule has 0 saturated carbocycles. The number of para-hydroxylation sites is 1. The summed E-state index contributed by atoms with van der Waals surface area (Å²) in [4.78, 5) is 24.4. The maximum atomic E-state index is 13.6. The normalized spacial score (nSPS) is 10.3. The molecule has 0 radical (unpaired) electrons. The molecule has 0 bridgehead atoms. The van der Waals surface area contributed by atoms with E-state index in [9.17, 15) is 18.4 Å². The van der Waals surface area contributed by atoms with Gasteiger partial charge in [0.1, 0.15) is 11.6 Å². The van der Waals surface area contributed by atoms with E-state index >= 15 is 0 Å². The Hall–Kier alpha value is -3.25. The Morgan fingerprint density at radius 1 is 0.741 bits per heavy atom. The van der Waals surface area contributed by atoms with Crippen LogP contribution in [0.3, 0.4) is 0 Å².